The highest BCUT2D eigenvalue weighted by Gasteiger charge is 2.44. The second kappa shape index (κ2) is 7.89. The smallest absolute Gasteiger partial charge is 0.407 e. The number of benzene rings is 1. The van der Waals surface area contributed by atoms with E-state index in [4.69, 9.17) is 9.47 Å². The summed E-state index contributed by atoms with van der Waals surface area (Å²) in [7, 11) is 0. The lowest BCUT2D eigenvalue weighted by molar-refractivity contribution is -0.109. The summed E-state index contributed by atoms with van der Waals surface area (Å²) in [5.41, 5.74) is 0.763. The first-order valence-corrected chi connectivity index (χ1v) is 9.05. The topological polar surface area (TPSA) is 121 Å². The molecule has 3 heterocycles. The Morgan fingerprint density at radius 3 is 2.72 bits per heavy atom. The third-order valence-electron chi connectivity index (χ3n) is 5.08. The van der Waals surface area contributed by atoms with Gasteiger partial charge >= 0.3 is 6.09 Å². The van der Waals surface area contributed by atoms with Gasteiger partial charge in [-0.2, -0.15) is 14.6 Å². The molecule has 2 aromatic rings. The summed E-state index contributed by atoms with van der Waals surface area (Å²) in [5, 5.41) is 21.3. The third-order valence-corrected chi connectivity index (χ3v) is 5.08. The lowest BCUT2D eigenvalue weighted by atomic mass is 9.85. The predicted molar refractivity (Wildman–Crippen MR) is 98.2 cm³/mol. The van der Waals surface area contributed by atoms with E-state index in [0.29, 0.717) is 24.5 Å². The maximum atomic E-state index is 15.0. The van der Waals surface area contributed by atoms with Crippen LogP contribution in [0.4, 0.5) is 20.7 Å². The second-order valence-electron chi connectivity index (χ2n) is 6.95. The predicted octanol–water partition coefficient (Wildman–Crippen LogP) is 2.23. The number of carbonyl (C=O) groups is 1. The van der Waals surface area contributed by atoms with E-state index in [1.807, 2.05) is 6.07 Å². The fourth-order valence-corrected chi connectivity index (χ4v) is 3.72. The van der Waals surface area contributed by atoms with Gasteiger partial charge in [-0.25, -0.2) is 9.78 Å². The number of nitrogens with one attached hydrogen (secondary N) is 1. The van der Waals surface area contributed by atoms with Crippen molar-refractivity contribution in [1.29, 1.82) is 5.26 Å². The molecule has 0 saturated carbocycles. The van der Waals surface area contributed by atoms with Gasteiger partial charge < -0.3 is 24.8 Å². The van der Waals surface area contributed by atoms with Gasteiger partial charge in [0.1, 0.15) is 18.5 Å². The van der Waals surface area contributed by atoms with Crippen LogP contribution in [0.25, 0.3) is 0 Å². The van der Waals surface area contributed by atoms with Crippen LogP contribution in [0.2, 0.25) is 0 Å². The van der Waals surface area contributed by atoms with E-state index >= 15 is 0 Å². The van der Waals surface area contributed by atoms with Crippen LogP contribution in [0.1, 0.15) is 5.56 Å². The molecule has 2 saturated heterocycles. The summed E-state index contributed by atoms with van der Waals surface area (Å²) in [6.45, 7) is 1.17. The molecule has 4 rings (SSSR count). The quantitative estimate of drug-likeness (QED) is 0.803. The number of para-hydroxylation sites is 1. The molecule has 2 fully saturated rings. The Morgan fingerprint density at radius 2 is 2.03 bits per heavy atom. The Morgan fingerprint density at radius 1 is 1.31 bits per heavy atom. The minimum atomic E-state index is -0.990. The molecule has 2 aliphatic heterocycles. The van der Waals surface area contributed by atoms with Gasteiger partial charge in [0, 0.05) is 24.9 Å². The van der Waals surface area contributed by atoms with E-state index < -0.39 is 18.0 Å². The van der Waals surface area contributed by atoms with Gasteiger partial charge in [-0.3, -0.25) is 0 Å². The van der Waals surface area contributed by atoms with Gasteiger partial charge in [-0.1, -0.05) is 12.1 Å². The van der Waals surface area contributed by atoms with Gasteiger partial charge in [0.25, 0.3) is 5.88 Å². The van der Waals surface area contributed by atoms with Crippen molar-refractivity contribution >= 4 is 17.6 Å². The summed E-state index contributed by atoms with van der Waals surface area (Å²) >= 11 is 0. The molecule has 2 bridgehead atoms. The molecule has 0 aliphatic carbocycles. The van der Waals surface area contributed by atoms with Crippen molar-refractivity contribution in [2.24, 2.45) is 11.8 Å². The average molecular weight is 399 g/mol. The summed E-state index contributed by atoms with van der Waals surface area (Å²) < 4.78 is 26.4. The van der Waals surface area contributed by atoms with E-state index in [1.165, 1.54) is 11.2 Å². The number of nitrogens with zero attached hydrogens (tertiary/aromatic N) is 4. The van der Waals surface area contributed by atoms with Crippen LogP contribution in [-0.4, -0.2) is 58.5 Å². The molecule has 1 aromatic carbocycles. The standard InChI is InChI=1S/C19H18FN5O4/c20-15-17(24-14-4-2-1-3-11(14)5-21)22-10-23-18(15)29-16-12-6-25(19(26)27)7-13(16)9-28-8-12/h1-4,10,12-13,16H,6-9H2,(H,26,27)(H,22,23,24). The van der Waals surface area contributed by atoms with Crippen molar-refractivity contribution in [3.05, 3.63) is 42.0 Å². The van der Waals surface area contributed by atoms with Gasteiger partial charge in [0.2, 0.25) is 5.82 Å². The molecule has 2 atom stereocenters. The van der Waals surface area contributed by atoms with E-state index in [9.17, 15) is 19.6 Å². The fourth-order valence-electron chi connectivity index (χ4n) is 3.72. The van der Waals surface area contributed by atoms with Crippen molar-refractivity contribution in [1.82, 2.24) is 14.9 Å². The SMILES string of the molecule is N#Cc1ccccc1Nc1ncnc(OC2C3COCC2CN(C(=O)O)C3)c1F. The van der Waals surface area contributed by atoms with E-state index in [-0.39, 0.29) is 36.6 Å². The van der Waals surface area contributed by atoms with Crippen LogP contribution in [0.3, 0.4) is 0 Å². The molecule has 2 N–H and O–H groups in total. The van der Waals surface area contributed by atoms with Crippen LogP contribution in [0.5, 0.6) is 5.88 Å². The van der Waals surface area contributed by atoms with E-state index in [0.717, 1.165) is 0 Å². The number of ether oxygens (including phenoxy) is 2. The second-order valence-corrected chi connectivity index (χ2v) is 6.95. The van der Waals surface area contributed by atoms with Crippen LogP contribution in [-0.2, 0) is 4.74 Å². The summed E-state index contributed by atoms with van der Waals surface area (Å²) in [5.74, 6) is -1.54. The molecule has 2 unspecified atom stereocenters. The number of hydrogen-bond acceptors (Lipinski definition) is 7. The first-order valence-electron chi connectivity index (χ1n) is 9.05. The minimum absolute atomic E-state index is 0.109. The normalized spacial score (nSPS) is 23.2. The number of aromatic nitrogens is 2. The molecular weight excluding hydrogens is 381 g/mol. The molecule has 1 aromatic heterocycles. The molecule has 150 valence electrons. The van der Waals surface area contributed by atoms with Crippen molar-refractivity contribution in [2.75, 3.05) is 31.6 Å². The number of likely N-dealkylation sites (tertiary alicyclic amines) is 1. The van der Waals surface area contributed by atoms with Crippen molar-refractivity contribution in [2.45, 2.75) is 6.10 Å². The summed E-state index contributed by atoms with van der Waals surface area (Å²) in [4.78, 5) is 20.5. The number of halogens is 1. The van der Waals surface area contributed by atoms with Crippen molar-refractivity contribution in [3.63, 3.8) is 0 Å². The molecule has 10 heteroatoms. The fraction of sp³-hybridized carbons (Fsp3) is 0.368. The summed E-state index contributed by atoms with van der Waals surface area (Å²) in [6, 6.07) is 8.71. The first-order chi connectivity index (χ1) is 14.1. The monoisotopic (exact) mass is 399 g/mol. The number of hydrogen-bond donors (Lipinski definition) is 2. The number of nitriles is 1. The molecule has 2 aliphatic rings. The highest BCUT2D eigenvalue weighted by molar-refractivity contribution is 5.65. The third kappa shape index (κ3) is 3.77. The number of rotatable bonds is 4. The minimum Gasteiger partial charge on any atom is -0.471 e. The van der Waals surface area contributed by atoms with Gasteiger partial charge in [0.05, 0.1) is 24.5 Å². The van der Waals surface area contributed by atoms with E-state index in [2.05, 4.69) is 15.3 Å². The average Bonchev–Trinajstić information content (AvgIpc) is 2.71. The van der Waals surface area contributed by atoms with Gasteiger partial charge in [-0.15, -0.1) is 0 Å². The first kappa shape index (κ1) is 18.9. The Kier molecular flexibility index (Phi) is 5.14. The number of carboxylic acid groups (broad SMARTS) is 1. The molecule has 9 nitrogen and oxygen atoms in total. The Balaban J connectivity index is 1.55. The number of fused-ring (bicyclic) bond motifs is 2. The van der Waals surface area contributed by atoms with Crippen LogP contribution in [0.15, 0.2) is 30.6 Å². The highest BCUT2D eigenvalue weighted by Crippen LogP contribution is 2.33. The Hall–Kier alpha value is -3.45. The number of amides is 1. The number of anilines is 2. The molecule has 29 heavy (non-hydrogen) atoms. The lowest BCUT2D eigenvalue weighted by Gasteiger charge is -2.45. The largest absolute Gasteiger partial charge is 0.471 e. The maximum absolute atomic E-state index is 15.0. The molecule has 0 spiro atoms. The van der Waals surface area contributed by atoms with E-state index in [1.54, 1.807) is 24.3 Å². The van der Waals surface area contributed by atoms with Crippen LogP contribution >= 0.6 is 0 Å². The highest BCUT2D eigenvalue weighted by atomic mass is 19.1. The number of piperidine rings is 1. The van der Waals surface area contributed by atoms with Gasteiger partial charge in [-0.05, 0) is 12.1 Å². The Labute approximate surface area is 165 Å². The zero-order valence-corrected chi connectivity index (χ0v) is 15.3. The molecular formula is C19H18FN5O4. The lowest BCUT2D eigenvalue weighted by Crippen LogP contribution is -2.58. The van der Waals surface area contributed by atoms with Crippen molar-refractivity contribution in [3.8, 4) is 11.9 Å². The summed E-state index contributed by atoms with van der Waals surface area (Å²) in [6.07, 6.45) is -0.229. The Bertz CT molecular complexity index is 952. The van der Waals surface area contributed by atoms with Crippen LogP contribution in [0, 0.1) is 29.0 Å². The van der Waals surface area contributed by atoms with Crippen molar-refractivity contribution < 1.29 is 23.8 Å². The molecule has 0 radical (unpaired) electrons. The zero-order chi connectivity index (χ0) is 20.4. The maximum Gasteiger partial charge on any atom is 0.407 e. The van der Waals surface area contributed by atoms with Gasteiger partial charge in [0.15, 0.2) is 5.82 Å². The zero-order valence-electron chi connectivity index (χ0n) is 15.3. The van der Waals surface area contributed by atoms with Crippen LogP contribution < -0.4 is 10.1 Å². The molecule has 1 amide bonds.